The molecule has 0 amide bonds. The van der Waals surface area contributed by atoms with Gasteiger partial charge in [0.25, 0.3) is 0 Å². The van der Waals surface area contributed by atoms with Gasteiger partial charge in [0.2, 0.25) is 5.44 Å². The summed E-state index contributed by atoms with van der Waals surface area (Å²) in [6.07, 6.45) is 0. The van der Waals surface area contributed by atoms with Gasteiger partial charge < -0.3 is 9.84 Å². The van der Waals surface area contributed by atoms with E-state index in [1.54, 1.807) is 0 Å². The Hall–Kier alpha value is 0.0700. The van der Waals surface area contributed by atoms with Gasteiger partial charge in [0.15, 0.2) is 0 Å². The van der Waals surface area contributed by atoms with Crippen molar-refractivity contribution in [2.75, 3.05) is 5.75 Å². The van der Waals surface area contributed by atoms with Crippen LogP contribution in [0, 0.1) is 0 Å². The predicted octanol–water partition coefficient (Wildman–Crippen LogP) is 0.725. The van der Waals surface area contributed by atoms with Crippen molar-refractivity contribution in [3.05, 3.63) is 0 Å². The van der Waals surface area contributed by atoms with Crippen molar-refractivity contribution in [2.24, 2.45) is 0 Å². The zero-order valence-electron chi connectivity index (χ0n) is 4.41. The van der Waals surface area contributed by atoms with Crippen LogP contribution in [0.15, 0.2) is 0 Å². The fourth-order valence-corrected chi connectivity index (χ4v) is 1.65. The number of thioether (sulfide) groups is 1. The van der Waals surface area contributed by atoms with Crippen molar-refractivity contribution in [2.45, 2.75) is 11.0 Å². The SMILES string of the molecule is O=C(O)C1OC(Cl)CS1. The standard InChI is InChI=1S/C4H5ClO3S/c5-2-1-9-4(8-2)3(6)7/h2,4H,1H2,(H,6,7). The van der Waals surface area contributed by atoms with Gasteiger partial charge in [-0.25, -0.2) is 4.79 Å². The zero-order chi connectivity index (χ0) is 6.85. The van der Waals surface area contributed by atoms with Crippen LogP contribution in [-0.2, 0) is 9.53 Å². The highest BCUT2D eigenvalue weighted by Crippen LogP contribution is 2.26. The predicted molar refractivity (Wildman–Crippen MR) is 34.6 cm³/mol. The lowest BCUT2D eigenvalue weighted by Gasteiger charge is -2.00. The minimum Gasteiger partial charge on any atom is -0.479 e. The minimum absolute atomic E-state index is 0.434. The third kappa shape index (κ3) is 1.74. The van der Waals surface area contributed by atoms with E-state index in [1.807, 2.05) is 0 Å². The lowest BCUT2D eigenvalue weighted by atomic mass is 10.7. The van der Waals surface area contributed by atoms with Crippen molar-refractivity contribution < 1.29 is 14.6 Å². The van der Waals surface area contributed by atoms with Crippen molar-refractivity contribution in [3.8, 4) is 0 Å². The van der Waals surface area contributed by atoms with E-state index in [1.165, 1.54) is 11.8 Å². The maximum absolute atomic E-state index is 10.1. The van der Waals surface area contributed by atoms with Crippen molar-refractivity contribution in [1.29, 1.82) is 0 Å². The minimum atomic E-state index is -0.955. The summed E-state index contributed by atoms with van der Waals surface area (Å²) in [4.78, 5) is 10.1. The summed E-state index contributed by atoms with van der Waals surface area (Å²) in [7, 11) is 0. The average molecular weight is 169 g/mol. The Morgan fingerprint density at radius 1 is 1.89 bits per heavy atom. The molecule has 0 bridgehead atoms. The molecule has 2 atom stereocenters. The molecule has 1 heterocycles. The number of rotatable bonds is 1. The Kier molecular flexibility index (Phi) is 2.21. The number of halogens is 1. The first kappa shape index (κ1) is 7.18. The molecule has 1 aliphatic heterocycles. The van der Waals surface area contributed by atoms with Gasteiger partial charge >= 0.3 is 5.97 Å². The van der Waals surface area contributed by atoms with E-state index in [-0.39, 0.29) is 0 Å². The second-order valence-electron chi connectivity index (χ2n) is 1.55. The maximum atomic E-state index is 10.1. The molecule has 0 aromatic heterocycles. The second-order valence-corrected chi connectivity index (χ2v) is 3.13. The molecular weight excluding hydrogens is 164 g/mol. The molecule has 1 saturated heterocycles. The molecule has 3 nitrogen and oxygen atoms in total. The Morgan fingerprint density at radius 3 is 2.78 bits per heavy atom. The third-order valence-electron chi connectivity index (χ3n) is 0.852. The van der Waals surface area contributed by atoms with E-state index in [2.05, 4.69) is 0 Å². The molecule has 5 heteroatoms. The molecule has 1 N–H and O–H groups in total. The van der Waals surface area contributed by atoms with Crippen LogP contribution in [-0.4, -0.2) is 27.8 Å². The van der Waals surface area contributed by atoms with Gasteiger partial charge in [-0.3, -0.25) is 0 Å². The molecule has 2 unspecified atom stereocenters. The molecule has 1 rings (SSSR count). The number of hydrogen-bond donors (Lipinski definition) is 1. The van der Waals surface area contributed by atoms with Crippen LogP contribution in [0.1, 0.15) is 0 Å². The number of ether oxygens (including phenoxy) is 1. The number of alkyl halides is 1. The molecule has 52 valence electrons. The first-order chi connectivity index (χ1) is 4.20. The highest BCUT2D eigenvalue weighted by Gasteiger charge is 2.29. The Bertz CT molecular complexity index is 129. The molecule has 0 saturated carbocycles. The van der Waals surface area contributed by atoms with Crippen LogP contribution in [0.4, 0.5) is 0 Å². The molecule has 1 aliphatic rings. The summed E-state index contributed by atoms with van der Waals surface area (Å²) in [6.45, 7) is 0. The summed E-state index contributed by atoms with van der Waals surface area (Å²) in [5.41, 5.74) is -1.19. The van der Waals surface area contributed by atoms with Gasteiger partial charge in [-0.05, 0) is 0 Å². The normalized spacial score (nSPS) is 34.8. The molecule has 0 radical (unpaired) electrons. The molecular formula is C4H5ClO3S. The fraction of sp³-hybridized carbons (Fsp3) is 0.750. The van der Waals surface area contributed by atoms with Crippen LogP contribution >= 0.6 is 23.4 Å². The summed E-state index contributed by atoms with van der Waals surface area (Å²) in [6, 6.07) is 0. The first-order valence-electron chi connectivity index (χ1n) is 2.34. The van der Waals surface area contributed by atoms with E-state index < -0.39 is 17.0 Å². The van der Waals surface area contributed by atoms with Gasteiger partial charge in [-0.1, -0.05) is 11.6 Å². The zero-order valence-corrected chi connectivity index (χ0v) is 5.98. The molecule has 0 spiro atoms. The molecule has 1 fully saturated rings. The molecule has 0 aromatic rings. The van der Waals surface area contributed by atoms with Gasteiger partial charge in [0, 0.05) is 5.75 Å². The topological polar surface area (TPSA) is 46.5 Å². The molecule has 0 aromatic carbocycles. The Morgan fingerprint density at radius 2 is 2.56 bits per heavy atom. The summed E-state index contributed by atoms with van der Waals surface area (Å²) in [5.74, 6) is -0.401. The largest absolute Gasteiger partial charge is 0.479 e. The lowest BCUT2D eigenvalue weighted by molar-refractivity contribution is -0.144. The summed E-state index contributed by atoms with van der Waals surface area (Å²) >= 11 is 6.65. The third-order valence-corrected chi connectivity index (χ3v) is 2.40. The van der Waals surface area contributed by atoms with Gasteiger partial charge in [0.05, 0.1) is 0 Å². The number of carbonyl (C=O) groups is 1. The van der Waals surface area contributed by atoms with Crippen LogP contribution in [0.2, 0.25) is 0 Å². The average Bonchev–Trinajstić information content (AvgIpc) is 2.14. The Labute approximate surface area is 61.3 Å². The molecule has 9 heavy (non-hydrogen) atoms. The van der Waals surface area contributed by atoms with Crippen LogP contribution < -0.4 is 0 Å². The maximum Gasteiger partial charge on any atom is 0.343 e. The fourth-order valence-electron chi connectivity index (χ4n) is 0.505. The smallest absolute Gasteiger partial charge is 0.343 e. The monoisotopic (exact) mass is 168 g/mol. The van der Waals surface area contributed by atoms with Gasteiger partial charge in [-0.2, -0.15) is 0 Å². The van der Waals surface area contributed by atoms with Gasteiger partial charge in [-0.15, -0.1) is 11.8 Å². The lowest BCUT2D eigenvalue weighted by Crippen LogP contribution is -2.16. The summed E-state index contributed by atoms with van der Waals surface area (Å²) in [5, 5.41) is 8.33. The quantitative estimate of drug-likeness (QED) is 0.587. The molecule has 0 aliphatic carbocycles. The highest BCUT2D eigenvalue weighted by molar-refractivity contribution is 8.00. The number of aliphatic carboxylic acids is 1. The van der Waals surface area contributed by atoms with Crippen molar-refractivity contribution in [1.82, 2.24) is 0 Å². The first-order valence-corrected chi connectivity index (χ1v) is 3.82. The van der Waals surface area contributed by atoms with E-state index >= 15 is 0 Å². The van der Waals surface area contributed by atoms with Crippen molar-refractivity contribution >= 4 is 29.3 Å². The number of hydrogen-bond acceptors (Lipinski definition) is 3. The van der Waals surface area contributed by atoms with E-state index in [9.17, 15) is 4.79 Å². The van der Waals surface area contributed by atoms with E-state index in [0.29, 0.717) is 5.75 Å². The summed E-state index contributed by atoms with van der Waals surface area (Å²) < 4.78 is 4.75. The second kappa shape index (κ2) is 2.77. The Balaban J connectivity index is 2.39. The van der Waals surface area contributed by atoms with Crippen molar-refractivity contribution in [3.63, 3.8) is 0 Å². The van der Waals surface area contributed by atoms with E-state index in [4.69, 9.17) is 21.4 Å². The van der Waals surface area contributed by atoms with Crippen LogP contribution in [0.25, 0.3) is 0 Å². The highest BCUT2D eigenvalue weighted by atomic mass is 35.5. The van der Waals surface area contributed by atoms with Crippen LogP contribution in [0.3, 0.4) is 0 Å². The number of carboxylic acid groups (broad SMARTS) is 1. The number of carboxylic acids is 1. The van der Waals surface area contributed by atoms with Gasteiger partial charge in [0.1, 0.15) is 5.56 Å². The van der Waals surface area contributed by atoms with E-state index in [0.717, 1.165) is 0 Å². The van der Waals surface area contributed by atoms with Crippen LogP contribution in [0.5, 0.6) is 0 Å².